The lowest BCUT2D eigenvalue weighted by Gasteiger charge is -2.38. The van der Waals surface area contributed by atoms with Gasteiger partial charge in [-0.3, -0.25) is 4.90 Å². The van der Waals surface area contributed by atoms with E-state index in [0.29, 0.717) is 12.1 Å². The Morgan fingerprint density at radius 3 is 2.93 bits per heavy atom. The normalized spacial score (nSPS) is 24.4. The van der Waals surface area contributed by atoms with Gasteiger partial charge >= 0.3 is 0 Å². The smallest absolute Gasteiger partial charge is 0.0444 e. The molecule has 2 heterocycles. The third-order valence-electron chi connectivity index (χ3n) is 3.08. The molecule has 0 N–H and O–H groups in total. The van der Waals surface area contributed by atoms with E-state index in [-0.39, 0.29) is 0 Å². The lowest BCUT2D eigenvalue weighted by atomic mass is 9.99. The highest BCUT2D eigenvalue weighted by molar-refractivity contribution is 7.10. The average molecular weight is 209 g/mol. The van der Waals surface area contributed by atoms with Crippen LogP contribution in [0.25, 0.3) is 0 Å². The van der Waals surface area contributed by atoms with E-state index in [1.54, 1.807) is 4.88 Å². The second-order valence-electron chi connectivity index (χ2n) is 4.36. The molecule has 1 atom stereocenters. The fraction of sp³-hybridized carbons (Fsp3) is 0.667. The maximum atomic E-state index is 2.65. The monoisotopic (exact) mass is 209 g/mol. The van der Waals surface area contributed by atoms with Crippen LogP contribution >= 0.6 is 11.3 Å². The molecule has 1 saturated heterocycles. The van der Waals surface area contributed by atoms with E-state index in [1.165, 1.54) is 25.8 Å². The van der Waals surface area contributed by atoms with Crippen molar-refractivity contribution in [2.75, 3.05) is 6.54 Å². The van der Waals surface area contributed by atoms with Crippen LogP contribution in [0.1, 0.15) is 44.0 Å². The number of piperidine rings is 1. The summed E-state index contributed by atoms with van der Waals surface area (Å²) in [5.41, 5.74) is 0. The van der Waals surface area contributed by atoms with Crippen molar-refractivity contribution >= 4 is 11.3 Å². The van der Waals surface area contributed by atoms with Crippen LogP contribution in [0.5, 0.6) is 0 Å². The van der Waals surface area contributed by atoms with Gasteiger partial charge in [0.25, 0.3) is 0 Å². The van der Waals surface area contributed by atoms with Crippen LogP contribution in [0, 0.1) is 0 Å². The predicted molar refractivity (Wildman–Crippen MR) is 62.8 cm³/mol. The second-order valence-corrected chi connectivity index (χ2v) is 5.34. The van der Waals surface area contributed by atoms with Crippen molar-refractivity contribution in [1.82, 2.24) is 4.90 Å². The van der Waals surface area contributed by atoms with Crippen molar-refractivity contribution in [2.24, 2.45) is 0 Å². The molecule has 1 aliphatic heterocycles. The average Bonchev–Trinajstić information content (AvgIpc) is 2.70. The van der Waals surface area contributed by atoms with Gasteiger partial charge in [-0.1, -0.05) is 12.5 Å². The fourth-order valence-corrected chi connectivity index (χ4v) is 3.24. The number of nitrogens with zero attached hydrogens (tertiary/aromatic N) is 1. The summed E-state index contributed by atoms with van der Waals surface area (Å²) >= 11 is 1.91. The maximum absolute atomic E-state index is 2.65. The van der Waals surface area contributed by atoms with Crippen molar-refractivity contribution in [2.45, 2.75) is 45.2 Å². The van der Waals surface area contributed by atoms with E-state index in [9.17, 15) is 0 Å². The van der Waals surface area contributed by atoms with Crippen LogP contribution in [0.3, 0.4) is 0 Å². The molecule has 1 aromatic rings. The van der Waals surface area contributed by atoms with Crippen molar-refractivity contribution in [3.05, 3.63) is 22.4 Å². The highest BCUT2D eigenvalue weighted by Crippen LogP contribution is 2.34. The summed E-state index contributed by atoms with van der Waals surface area (Å²) in [6.07, 6.45) is 4.12. The van der Waals surface area contributed by atoms with Gasteiger partial charge in [0, 0.05) is 17.0 Å². The molecule has 2 heteroatoms. The van der Waals surface area contributed by atoms with Crippen LogP contribution in [0.4, 0.5) is 0 Å². The molecule has 0 saturated carbocycles. The highest BCUT2D eigenvalue weighted by atomic mass is 32.1. The fourth-order valence-electron chi connectivity index (χ4n) is 2.36. The number of rotatable bonds is 2. The Kier molecular flexibility index (Phi) is 3.24. The summed E-state index contributed by atoms with van der Waals surface area (Å²) in [7, 11) is 0. The van der Waals surface area contributed by atoms with Crippen molar-refractivity contribution in [3.8, 4) is 0 Å². The van der Waals surface area contributed by atoms with Gasteiger partial charge in [-0.2, -0.15) is 0 Å². The van der Waals surface area contributed by atoms with Gasteiger partial charge in [0.15, 0.2) is 0 Å². The van der Waals surface area contributed by atoms with Crippen LogP contribution < -0.4 is 0 Å². The first-order valence-electron chi connectivity index (χ1n) is 5.58. The topological polar surface area (TPSA) is 3.24 Å². The van der Waals surface area contributed by atoms with Crippen LogP contribution in [0.2, 0.25) is 0 Å². The van der Waals surface area contributed by atoms with E-state index in [2.05, 4.69) is 36.3 Å². The molecule has 0 aromatic carbocycles. The molecular formula is C12H19NS. The van der Waals surface area contributed by atoms with E-state index >= 15 is 0 Å². The minimum atomic E-state index is 0.683. The third-order valence-corrected chi connectivity index (χ3v) is 4.05. The van der Waals surface area contributed by atoms with Crippen LogP contribution in [-0.4, -0.2) is 17.5 Å². The number of hydrogen-bond acceptors (Lipinski definition) is 2. The van der Waals surface area contributed by atoms with E-state index in [1.807, 2.05) is 11.3 Å². The van der Waals surface area contributed by atoms with Gasteiger partial charge < -0.3 is 0 Å². The molecule has 0 aliphatic carbocycles. The summed E-state index contributed by atoms with van der Waals surface area (Å²) in [6.45, 7) is 5.90. The Hall–Kier alpha value is -0.340. The summed E-state index contributed by atoms with van der Waals surface area (Å²) < 4.78 is 0. The Bertz CT molecular complexity index is 266. The Morgan fingerprint density at radius 1 is 1.43 bits per heavy atom. The highest BCUT2D eigenvalue weighted by Gasteiger charge is 2.26. The minimum Gasteiger partial charge on any atom is -0.293 e. The SMILES string of the molecule is CC(C)N1CCCC[C@H]1c1cccs1. The van der Waals surface area contributed by atoms with Gasteiger partial charge in [0.05, 0.1) is 0 Å². The maximum Gasteiger partial charge on any atom is 0.0444 e. The molecule has 1 aliphatic rings. The van der Waals surface area contributed by atoms with Crippen molar-refractivity contribution in [1.29, 1.82) is 0 Å². The molecule has 2 rings (SSSR count). The summed E-state index contributed by atoms with van der Waals surface area (Å²) in [5.74, 6) is 0. The molecule has 0 bridgehead atoms. The molecule has 0 amide bonds. The van der Waals surface area contributed by atoms with E-state index in [4.69, 9.17) is 0 Å². The van der Waals surface area contributed by atoms with Gasteiger partial charge in [0.1, 0.15) is 0 Å². The third kappa shape index (κ3) is 2.01. The predicted octanol–water partition coefficient (Wildman–Crippen LogP) is 3.68. The molecule has 14 heavy (non-hydrogen) atoms. The zero-order valence-electron chi connectivity index (χ0n) is 9.07. The lowest BCUT2D eigenvalue weighted by Crippen LogP contribution is -2.38. The van der Waals surface area contributed by atoms with Gasteiger partial charge in [0.2, 0.25) is 0 Å². The molecule has 78 valence electrons. The van der Waals surface area contributed by atoms with Crippen LogP contribution in [-0.2, 0) is 0 Å². The van der Waals surface area contributed by atoms with E-state index in [0.717, 1.165) is 0 Å². The zero-order valence-corrected chi connectivity index (χ0v) is 9.89. The number of hydrogen-bond donors (Lipinski definition) is 0. The first kappa shape index (κ1) is 10.2. The lowest BCUT2D eigenvalue weighted by molar-refractivity contribution is 0.114. The number of thiophene rings is 1. The van der Waals surface area contributed by atoms with Gasteiger partial charge in [-0.05, 0) is 44.7 Å². The van der Waals surface area contributed by atoms with Crippen molar-refractivity contribution in [3.63, 3.8) is 0 Å². The second kappa shape index (κ2) is 4.45. The zero-order chi connectivity index (χ0) is 9.97. The van der Waals surface area contributed by atoms with Gasteiger partial charge in [-0.25, -0.2) is 0 Å². The summed E-state index contributed by atoms with van der Waals surface area (Å²) in [4.78, 5) is 4.20. The quantitative estimate of drug-likeness (QED) is 0.718. The molecule has 0 spiro atoms. The summed E-state index contributed by atoms with van der Waals surface area (Å²) in [6, 6.07) is 5.84. The van der Waals surface area contributed by atoms with E-state index < -0.39 is 0 Å². The minimum absolute atomic E-state index is 0.683. The van der Waals surface area contributed by atoms with Gasteiger partial charge in [-0.15, -0.1) is 11.3 Å². The molecular weight excluding hydrogens is 190 g/mol. The standard InChI is InChI=1S/C12H19NS/c1-10(2)13-8-4-3-6-11(13)12-7-5-9-14-12/h5,7,9-11H,3-4,6,8H2,1-2H3/t11-/m0/s1. The first-order valence-corrected chi connectivity index (χ1v) is 6.46. The number of likely N-dealkylation sites (tertiary alicyclic amines) is 1. The van der Waals surface area contributed by atoms with Crippen LogP contribution in [0.15, 0.2) is 17.5 Å². The Morgan fingerprint density at radius 2 is 2.29 bits per heavy atom. The Labute approximate surface area is 90.7 Å². The largest absolute Gasteiger partial charge is 0.293 e. The molecule has 1 nitrogen and oxygen atoms in total. The molecule has 1 fully saturated rings. The van der Waals surface area contributed by atoms with Crippen molar-refractivity contribution < 1.29 is 0 Å². The summed E-state index contributed by atoms with van der Waals surface area (Å²) in [5, 5.41) is 2.20. The molecule has 1 aromatic heterocycles. The molecule has 0 unspecified atom stereocenters. The molecule has 0 radical (unpaired) electrons. The first-order chi connectivity index (χ1) is 6.79. The Balaban J connectivity index is 2.14.